The highest BCUT2D eigenvalue weighted by Gasteiger charge is 2.83. The summed E-state index contributed by atoms with van der Waals surface area (Å²) in [5.41, 5.74) is -2.65. The van der Waals surface area contributed by atoms with E-state index in [0.717, 1.165) is 5.57 Å². The fraction of sp³-hybridized carbons (Fsp3) is 0.750. The van der Waals surface area contributed by atoms with Crippen LogP contribution in [0.2, 0.25) is 0 Å². The average Bonchev–Trinajstić information content (AvgIpc) is 3.06. The number of halogens is 2. The first-order valence-corrected chi connectivity index (χ1v) is 12.0. The molecule has 0 aromatic heterocycles. The number of hydrogen-bond acceptors (Lipinski definition) is 5. The van der Waals surface area contributed by atoms with Crippen LogP contribution in [-0.4, -0.2) is 49.4 Å². The minimum absolute atomic E-state index is 0.0140. The maximum Gasteiger partial charge on any atom is 0.339 e. The van der Waals surface area contributed by atoms with E-state index in [1.807, 2.05) is 20.8 Å². The van der Waals surface area contributed by atoms with E-state index in [1.165, 1.54) is 6.08 Å². The molecule has 3 saturated carbocycles. The molecule has 0 spiro atoms. The van der Waals surface area contributed by atoms with Gasteiger partial charge in [-0.05, 0) is 56.6 Å². The van der Waals surface area contributed by atoms with Gasteiger partial charge in [0, 0.05) is 17.3 Å². The zero-order chi connectivity index (χ0) is 23.7. The quantitative estimate of drug-likeness (QED) is 0.545. The second-order valence-corrected chi connectivity index (χ2v) is 12.6. The third-order valence-corrected chi connectivity index (χ3v) is 10.8. The van der Waals surface area contributed by atoms with Crippen molar-refractivity contribution < 1.29 is 29.3 Å². The maximum atomic E-state index is 12.8. The topological polar surface area (TPSA) is 93.1 Å². The molecule has 1 aliphatic heterocycles. The van der Waals surface area contributed by atoms with Crippen molar-refractivity contribution in [1.29, 1.82) is 0 Å². The molecule has 176 valence electrons. The summed E-state index contributed by atoms with van der Waals surface area (Å²) in [6, 6.07) is 0. The molecular weight excluding hydrogens is 455 g/mol. The SMILES string of the molecule is C[C@H]1C[C@H]2[C@@H]3C[C@H]4OC(C)(C)O[C@@]4(C(=O)O)[C@@]3(C)C[C@](O)(Cl)[C@]2(Cl)[C@@]2(C)C=CC(=O)C=C12. The van der Waals surface area contributed by atoms with E-state index in [9.17, 15) is 19.8 Å². The van der Waals surface area contributed by atoms with Gasteiger partial charge in [-0.15, -0.1) is 11.6 Å². The third kappa shape index (κ3) is 2.34. The van der Waals surface area contributed by atoms with Gasteiger partial charge >= 0.3 is 5.97 Å². The number of allylic oxidation sites excluding steroid dienone is 4. The fourth-order valence-electron chi connectivity index (χ4n) is 8.14. The summed E-state index contributed by atoms with van der Waals surface area (Å²) in [5, 5.41) is 20.3. The summed E-state index contributed by atoms with van der Waals surface area (Å²) in [6.45, 7) is 9.23. The van der Waals surface area contributed by atoms with Crippen LogP contribution in [0.3, 0.4) is 0 Å². The maximum absolute atomic E-state index is 12.8. The summed E-state index contributed by atoms with van der Waals surface area (Å²) in [6.07, 6.45) is 5.14. The number of hydrogen-bond donors (Lipinski definition) is 2. The number of alkyl halides is 2. The Morgan fingerprint density at radius 3 is 2.44 bits per heavy atom. The molecule has 4 fully saturated rings. The number of aliphatic carboxylic acids is 1. The van der Waals surface area contributed by atoms with Crippen LogP contribution >= 0.6 is 23.2 Å². The van der Waals surface area contributed by atoms with E-state index >= 15 is 0 Å². The van der Waals surface area contributed by atoms with Gasteiger partial charge in [0.05, 0.1) is 0 Å². The predicted molar refractivity (Wildman–Crippen MR) is 118 cm³/mol. The van der Waals surface area contributed by atoms with Crippen molar-refractivity contribution in [2.75, 3.05) is 0 Å². The molecule has 1 heterocycles. The fourth-order valence-corrected chi connectivity index (χ4v) is 9.23. The smallest absolute Gasteiger partial charge is 0.339 e. The van der Waals surface area contributed by atoms with Crippen molar-refractivity contribution in [3.05, 3.63) is 23.8 Å². The molecule has 32 heavy (non-hydrogen) atoms. The Balaban J connectivity index is 1.71. The van der Waals surface area contributed by atoms with Gasteiger partial charge in [0.25, 0.3) is 0 Å². The highest BCUT2D eigenvalue weighted by Crippen LogP contribution is 2.76. The molecular formula is C24H30Cl2O6. The first kappa shape index (κ1) is 22.9. The minimum Gasteiger partial charge on any atom is -0.479 e. The highest BCUT2D eigenvalue weighted by atomic mass is 35.5. The average molecular weight is 485 g/mol. The molecule has 0 unspecified atom stereocenters. The Bertz CT molecular complexity index is 987. The zero-order valence-electron chi connectivity index (χ0n) is 18.9. The van der Waals surface area contributed by atoms with Gasteiger partial charge in [0.15, 0.2) is 22.2 Å². The van der Waals surface area contributed by atoms with Crippen LogP contribution in [0.25, 0.3) is 0 Å². The Morgan fingerprint density at radius 2 is 1.81 bits per heavy atom. The van der Waals surface area contributed by atoms with Crippen molar-refractivity contribution in [2.45, 2.75) is 81.3 Å². The summed E-state index contributed by atoms with van der Waals surface area (Å²) in [4.78, 5) is 23.6. The van der Waals surface area contributed by atoms with Crippen molar-refractivity contribution in [2.24, 2.45) is 28.6 Å². The van der Waals surface area contributed by atoms with Crippen molar-refractivity contribution >= 4 is 35.0 Å². The van der Waals surface area contributed by atoms with E-state index in [-0.39, 0.29) is 30.0 Å². The van der Waals surface area contributed by atoms with Crippen molar-refractivity contribution in [3.63, 3.8) is 0 Å². The number of carboxylic acids is 1. The van der Waals surface area contributed by atoms with Crippen LogP contribution in [-0.2, 0) is 19.1 Å². The molecule has 0 bridgehead atoms. The van der Waals surface area contributed by atoms with Gasteiger partial charge in [-0.2, -0.15) is 0 Å². The van der Waals surface area contributed by atoms with Crippen molar-refractivity contribution in [1.82, 2.24) is 0 Å². The predicted octanol–water partition coefficient (Wildman–Crippen LogP) is 4.02. The van der Waals surface area contributed by atoms with Gasteiger partial charge < -0.3 is 19.7 Å². The molecule has 0 aromatic carbocycles. The third-order valence-electron chi connectivity index (χ3n) is 9.27. The van der Waals surface area contributed by atoms with Crippen molar-refractivity contribution in [3.8, 4) is 0 Å². The Labute approximate surface area is 197 Å². The first-order chi connectivity index (χ1) is 14.6. The standard InChI is InChI=1S/C24H30Cl2O6/c1-12-8-16-15-10-17-23(18(28)29,32-19(2,3)31-17)21(15,5)11-22(25,30)24(16,26)20(4)7-6-13(27)9-14(12)20/h6-7,9,12,15-17,30H,8,10-11H2,1-5H3,(H,28,29)/t12-,15-,16-,17+,20-,21-,22+,23-,24+/m0/s1. The number of carboxylic acid groups (broad SMARTS) is 1. The lowest BCUT2D eigenvalue weighted by molar-refractivity contribution is -0.235. The molecule has 2 N–H and O–H groups in total. The molecule has 0 amide bonds. The molecule has 0 radical (unpaired) electrons. The van der Waals surface area contributed by atoms with Crippen LogP contribution in [0.1, 0.15) is 53.9 Å². The summed E-state index contributed by atoms with van der Waals surface area (Å²) in [7, 11) is 0. The van der Waals surface area contributed by atoms with E-state index in [4.69, 9.17) is 32.7 Å². The molecule has 9 atom stereocenters. The number of carbonyl (C=O) groups is 2. The number of aliphatic hydroxyl groups is 1. The normalized spacial score (nSPS) is 55.5. The summed E-state index contributed by atoms with van der Waals surface area (Å²) in [5.74, 6) is -2.79. The molecule has 6 nitrogen and oxygen atoms in total. The monoisotopic (exact) mass is 484 g/mol. The number of carbonyl (C=O) groups excluding carboxylic acids is 1. The Hall–Kier alpha value is -0.920. The summed E-state index contributed by atoms with van der Waals surface area (Å²) >= 11 is 14.4. The van der Waals surface area contributed by atoms with Crippen LogP contribution in [0.5, 0.6) is 0 Å². The molecule has 0 aromatic rings. The first-order valence-electron chi connectivity index (χ1n) is 11.2. The van der Waals surface area contributed by atoms with Gasteiger partial charge in [-0.1, -0.05) is 44.0 Å². The van der Waals surface area contributed by atoms with E-state index < -0.39 is 44.2 Å². The van der Waals surface area contributed by atoms with E-state index in [2.05, 4.69) is 0 Å². The van der Waals surface area contributed by atoms with E-state index in [1.54, 1.807) is 26.0 Å². The molecule has 4 aliphatic carbocycles. The van der Waals surface area contributed by atoms with Gasteiger partial charge in [-0.25, -0.2) is 4.79 Å². The second kappa shape index (κ2) is 6.19. The van der Waals surface area contributed by atoms with E-state index in [0.29, 0.717) is 12.8 Å². The lowest BCUT2D eigenvalue weighted by atomic mass is 9.44. The Kier molecular flexibility index (Phi) is 4.42. The largest absolute Gasteiger partial charge is 0.479 e. The molecule has 5 aliphatic rings. The second-order valence-electron chi connectivity index (χ2n) is 11.3. The zero-order valence-corrected chi connectivity index (χ0v) is 20.5. The lowest BCUT2D eigenvalue weighted by Crippen LogP contribution is -2.73. The Morgan fingerprint density at radius 1 is 1.16 bits per heavy atom. The van der Waals surface area contributed by atoms with Gasteiger partial charge in [0.2, 0.25) is 0 Å². The molecule has 1 saturated heterocycles. The summed E-state index contributed by atoms with van der Waals surface area (Å²) < 4.78 is 12.3. The lowest BCUT2D eigenvalue weighted by Gasteiger charge is -2.67. The van der Waals surface area contributed by atoms with Crippen LogP contribution in [0.4, 0.5) is 0 Å². The van der Waals surface area contributed by atoms with Crippen LogP contribution in [0, 0.1) is 28.6 Å². The van der Waals surface area contributed by atoms with Crippen LogP contribution < -0.4 is 0 Å². The van der Waals surface area contributed by atoms with Crippen LogP contribution in [0.15, 0.2) is 23.8 Å². The highest BCUT2D eigenvalue weighted by molar-refractivity contribution is 6.35. The molecule has 5 rings (SSSR count). The number of fused-ring (bicyclic) bond motifs is 7. The number of ether oxygens (including phenoxy) is 2. The van der Waals surface area contributed by atoms with Gasteiger partial charge in [0.1, 0.15) is 11.0 Å². The minimum atomic E-state index is -1.95. The number of rotatable bonds is 1. The van der Waals surface area contributed by atoms with Gasteiger partial charge in [-0.3, -0.25) is 4.79 Å². The molecule has 8 heteroatoms. The number of ketones is 1.